The van der Waals surface area contributed by atoms with Crippen LogP contribution in [0.4, 0.5) is 5.69 Å². The summed E-state index contributed by atoms with van der Waals surface area (Å²) in [6.07, 6.45) is 2.45. The van der Waals surface area contributed by atoms with Crippen molar-refractivity contribution in [1.29, 1.82) is 0 Å². The number of nitrogens with zero attached hydrogens (tertiary/aromatic N) is 2. The normalized spacial score (nSPS) is 23.3. The number of rotatable bonds is 3. The minimum absolute atomic E-state index is 0. The Labute approximate surface area is 156 Å². The van der Waals surface area contributed by atoms with Crippen molar-refractivity contribution in [2.45, 2.75) is 37.1 Å². The van der Waals surface area contributed by atoms with Gasteiger partial charge < -0.3 is 10.2 Å². The van der Waals surface area contributed by atoms with Crippen LogP contribution in [0.15, 0.2) is 23.1 Å². The van der Waals surface area contributed by atoms with E-state index in [1.807, 2.05) is 6.07 Å². The molecule has 8 heteroatoms. The fourth-order valence-electron chi connectivity index (χ4n) is 3.54. The first-order valence-corrected chi connectivity index (χ1v) is 9.85. The second kappa shape index (κ2) is 7.61. The van der Waals surface area contributed by atoms with Crippen molar-refractivity contribution in [2.75, 3.05) is 32.1 Å². The molecule has 6 nitrogen and oxygen atoms in total. The van der Waals surface area contributed by atoms with E-state index >= 15 is 0 Å². The molecule has 0 spiro atoms. The van der Waals surface area contributed by atoms with Crippen molar-refractivity contribution in [1.82, 2.24) is 9.62 Å². The Kier molecular flexibility index (Phi) is 6.14. The molecule has 1 amide bonds. The first-order valence-electron chi connectivity index (χ1n) is 8.41. The zero-order valence-corrected chi connectivity index (χ0v) is 16.5. The number of benzene rings is 1. The zero-order valence-electron chi connectivity index (χ0n) is 14.9. The average molecular weight is 388 g/mol. The highest BCUT2D eigenvalue weighted by atomic mass is 35.5. The molecule has 1 aromatic rings. The highest BCUT2D eigenvalue weighted by Gasteiger charge is 2.33. The summed E-state index contributed by atoms with van der Waals surface area (Å²) in [7, 11) is -0.464. The maximum Gasteiger partial charge on any atom is 0.242 e. The van der Waals surface area contributed by atoms with Crippen LogP contribution in [0, 0.1) is 5.92 Å². The minimum atomic E-state index is -3.50. The Hall–Kier alpha value is -1.15. The summed E-state index contributed by atoms with van der Waals surface area (Å²) in [5, 5.41) is 3.36. The molecule has 25 heavy (non-hydrogen) atoms. The van der Waals surface area contributed by atoms with E-state index < -0.39 is 10.0 Å². The van der Waals surface area contributed by atoms with Gasteiger partial charge in [-0.15, -0.1) is 12.4 Å². The monoisotopic (exact) mass is 387 g/mol. The second-order valence-corrected chi connectivity index (χ2v) is 9.05. The molecule has 0 aliphatic carbocycles. The largest absolute Gasteiger partial charge is 0.314 e. The van der Waals surface area contributed by atoms with Gasteiger partial charge in [0.05, 0.1) is 4.90 Å². The van der Waals surface area contributed by atoms with Crippen LogP contribution in [0.3, 0.4) is 0 Å². The third kappa shape index (κ3) is 3.84. The summed E-state index contributed by atoms with van der Waals surface area (Å²) in [5.41, 5.74) is 1.80. The number of sulfonamides is 1. The Morgan fingerprint density at radius 2 is 2.04 bits per heavy atom. The quantitative estimate of drug-likeness (QED) is 0.855. The van der Waals surface area contributed by atoms with E-state index in [2.05, 4.69) is 12.2 Å². The van der Waals surface area contributed by atoms with Crippen LogP contribution in [0.5, 0.6) is 0 Å². The van der Waals surface area contributed by atoms with E-state index in [0.717, 1.165) is 37.1 Å². The van der Waals surface area contributed by atoms with Gasteiger partial charge in [0.2, 0.25) is 15.9 Å². The summed E-state index contributed by atoms with van der Waals surface area (Å²) in [5.74, 6) is 0.141. The molecule has 1 aromatic carbocycles. The van der Waals surface area contributed by atoms with Gasteiger partial charge in [-0.25, -0.2) is 12.7 Å². The summed E-state index contributed by atoms with van der Waals surface area (Å²) in [4.78, 5) is 15.0. The highest BCUT2D eigenvalue weighted by molar-refractivity contribution is 7.89. The molecule has 0 bridgehead atoms. The second-order valence-electron chi connectivity index (χ2n) is 6.89. The molecule has 2 atom stereocenters. The summed E-state index contributed by atoms with van der Waals surface area (Å²) in [6.45, 7) is 3.59. The molecule has 0 unspecified atom stereocenters. The third-order valence-electron chi connectivity index (χ3n) is 4.97. The zero-order chi connectivity index (χ0) is 17.5. The molecule has 1 fully saturated rings. The minimum Gasteiger partial charge on any atom is -0.314 e. The van der Waals surface area contributed by atoms with Crippen LogP contribution in [0.2, 0.25) is 0 Å². The number of anilines is 1. The SMILES string of the molecule is C[C@H]1C[C@@H](C(=O)N2CCc3ccc(S(=O)(=O)N(C)C)cc32)CCN1.Cl. The fourth-order valence-corrected chi connectivity index (χ4v) is 4.46. The maximum absolute atomic E-state index is 12.9. The van der Waals surface area contributed by atoms with E-state index in [9.17, 15) is 13.2 Å². The number of carbonyl (C=O) groups is 1. The molecule has 0 aromatic heterocycles. The number of nitrogens with one attached hydrogen (secondary N) is 1. The third-order valence-corrected chi connectivity index (χ3v) is 6.78. The lowest BCUT2D eigenvalue weighted by Gasteiger charge is -2.30. The predicted octanol–water partition coefficient (Wildman–Crippen LogP) is 1.64. The standard InChI is InChI=1S/C17H25N3O3S.ClH/c1-12-10-14(6-8-18-12)17(21)20-9-7-13-4-5-15(11-16(13)20)24(22,23)19(2)3;/h4-5,11-12,14,18H,6-10H2,1-3H3;1H/t12-,14-;/m0./s1. The molecule has 2 heterocycles. The van der Waals surface area contributed by atoms with Gasteiger partial charge in [-0.05, 0) is 50.4 Å². The van der Waals surface area contributed by atoms with Crippen molar-refractivity contribution < 1.29 is 13.2 Å². The van der Waals surface area contributed by atoms with Crippen LogP contribution in [0.1, 0.15) is 25.3 Å². The van der Waals surface area contributed by atoms with E-state index in [-0.39, 0.29) is 29.1 Å². The Morgan fingerprint density at radius 1 is 1.32 bits per heavy atom. The molecular weight excluding hydrogens is 362 g/mol. The number of hydrogen-bond acceptors (Lipinski definition) is 4. The Bertz CT molecular complexity index is 752. The molecule has 0 radical (unpaired) electrons. The lowest BCUT2D eigenvalue weighted by molar-refractivity contribution is -0.123. The summed E-state index contributed by atoms with van der Waals surface area (Å²) >= 11 is 0. The molecule has 1 N–H and O–H groups in total. The van der Waals surface area contributed by atoms with Gasteiger partial charge in [0.1, 0.15) is 0 Å². The van der Waals surface area contributed by atoms with Crippen LogP contribution in [-0.2, 0) is 21.2 Å². The van der Waals surface area contributed by atoms with Gasteiger partial charge in [0.25, 0.3) is 0 Å². The van der Waals surface area contributed by atoms with E-state index in [1.54, 1.807) is 17.0 Å². The smallest absolute Gasteiger partial charge is 0.242 e. The number of carbonyl (C=O) groups excluding carboxylic acids is 1. The molecule has 1 saturated heterocycles. The molecule has 2 aliphatic rings. The van der Waals surface area contributed by atoms with Crippen LogP contribution in [0.25, 0.3) is 0 Å². The van der Waals surface area contributed by atoms with Crippen molar-refractivity contribution in [3.05, 3.63) is 23.8 Å². The number of amides is 1. The molecule has 3 rings (SSSR count). The van der Waals surface area contributed by atoms with Crippen molar-refractivity contribution >= 4 is 34.0 Å². The molecule has 0 saturated carbocycles. The predicted molar refractivity (Wildman–Crippen MR) is 101 cm³/mol. The van der Waals surface area contributed by atoms with E-state index in [0.29, 0.717) is 12.6 Å². The average Bonchev–Trinajstić information content (AvgIpc) is 2.97. The number of piperidine rings is 1. The van der Waals surface area contributed by atoms with Crippen LogP contribution < -0.4 is 10.2 Å². The van der Waals surface area contributed by atoms with Crippen LogP contribution >= 0.6 is 12.4 Å². The maximum atomic E-state index is 12.9. The lowest BCUT2D eigenvalue weighted by Crippen LogP contribution is -2.43. The van der Waals surface area contributed by atoms with E-state index in [4.69, 9.17) is 0 Å². The fraction of sp³-hybridized carbons (Fsp3) is 0.588. The number of hydrogen-bond donors (Lipinski definition) is 1. The number of fused-ring (bicyclic) bond motifs is 1. The van der Waals surface area contributed by atoms with Gasteiger partial charge in [-0.3, -0.25) is 4.79 Å². The Balaban J connectivity index is 0.00000225. The Morgan fingerprint density at radius 3 is 2.68 bits per heavy atom. The topological polar surface area (TPSA) is 69.7 Å². The van der Waals surface area contributed by atoms with Crippen molar-refractivity contribution in [3.8, 4) is 0 Å². The summed E-state index contributed by atoms with van der Waals surface area (Å²) in [6, 6.07) is 5.47. The van der Waals surface area contributed by atoms with Gasteiger partial charge in [0, 0.05) is 38.3 Å². The summed E-state index contributed by atoms with van der Waals surface area (Å²) < 4.78 is 25.9. The molecular formula is C17H26ClN3O3S. The first kappa shape index (κ1) is 20.2. The van der Waals surface area contributed by atoms with Crippen LogP contribution in [-0.4, -0.2) is 51.9 Å². The van der Waals surface area contributed by atoms with Gasteiger partial charge >= 0.3 is 0 Å². The van der Waals surface area contributed by atoms with Gasteiger partial charge in [0.15, 0.2) is 0 Å². The molecule has 2 aliphatic heterocycles. The molecule has 140 valence electrons. The number of halogens is 1. The van der Waals surface area contributed by atoms with E-state index in [1.165, 1.54) is 18.4 Å². The highest BCUT2D eigenvalue weighted by Crippen LogP contribution is 2.33. The first-order chi connectivity index (χ1) is 11.3. The van der Waals surface area contributed by atoms with Crippen molar-refractivity contribution in [2.24, 2.45) is 5.92 Å². The lowest BCUT2D eigenvalue weighted by atomic mass is 9.92. The van der Waals surface area contributed by atoms with Crippen molar-refractivity contribution in [3.63, 3.8) is 0 Å². The van der Waals surface area contributed by atoms with Gasteiger partial charge in [-0.2, -0.15) is 0 Å². The van der Waals surface area contributed by atoms with Gasteiger partial charge in [-0.1, -0.05) is 6.07 Å².